The molecule has 33 heavy (non-hydrogen) atoms. The highest BCUT2D eigenvalue weighted by atomic mass is 16.2. The highest BCUT2D eigenvalue weighted by Crippen LogP contribution is 2.30. The van der Waals surface area contributed by atoms with Crippen LogP contribution < -0.4 is 4.90 Å². The molecule has 3 aromatic carbocycles. The zero-order valence-corrected chi connectivity index (χ0v) is 18.8. The monoisotopic (exact) mass is 441 g/mol. The van der Waals surface area contributed by atoms with E-state index in [4.69, 9.17) is 0 Å². The van der Waals surface area contributed by atoms with Crippen molar-refractivity contribution in [2.75, 3.05) is 37.6 Å². The number of carbonyl (C=O) groups is 3. The van der Waals surface area contributed by atoms with Crippen LogP contribution in [0.2, 0.25) is 0 Å². The number of carbonyl (C=O) groups excluding carboxylic acids is 3. The number of piperazine rings is 1. The molecule has 0 bridgehead atoms. The first-order chi connectivity index (χ1) is 16.0. The highest BCUT2D eigenvalue weighted by Gasteiger charge is 2.32. The predicted octanol–water partition coefficient (Wildman–Crippen LogP) is 3.87. The molecular weight excluding hydrogens is 414 g/mol. The average Bonchev–Trinajstić information content (AvgIpc) is 2.85. The molecule has 0 unspecified atom stereocenters. The molecule has 3 amide bonds. The molecule has 0 aromatic heterocycles. The molecular formula is C27H27N3O3. The van der Waals surface area contributed by atoms with Gasteiger partial charge in [0.1, 0.15) is 0 Å². The second-order valence-electron chi connectivity index (χ2n) is 8.73. The van der Waals surface area contributed by atoms with Crippen molar-refractivity contribution in [2.45, 2.75) is 19.8 Å². The fourth-order valence-corrected chi connectivity index (χ4v) is 4.95. The Hall–Kier alpha value is -3.67. The maximum absolute atomic E-state index is 13.0. The van der Waals surface area contributed by atoms with Crippen LogP contribution in [-0.2, 0) is 4.79 Å². The minimum absolute atomic E-state index is 0.0823. The summed E-state index contributed by atoms with van der Waals surface area (Å²) < 4.78 is 0. The molecule has 0 N–H and O–H groups in total. The maximum atomic E-state index is 13.0. The third-order valence-electron chi connectivity index (χ3n) is 6.72. The topological polar surface area (TPSA) is 60.9 Å². The van der Waals surface area contributed by atoms with Crippen molar-refractivity contribution in [3.63, 3.8) is 0 Å². The molecule has 0 radical (unpaired) electrons. The van der Waals surface area contributed by atoms with Gasteiger partial charge in [-0.2, -0.15) is 0 Å². The fraction of sp³-hybridized carbons (Fsp3) is 0.296. The molecule has 3 aromatic rings. The zero-order valence-electron chi connectivity index (χ0n) is 18.8. The molecule has 2 aliphatic heterocycles. The van der Waals surface area contributed by atoms with Crippen LogP contribution in [0.15, 0.2) is 60.7 Å². The standard InChI is InChI=1S/C27H27N3O3/c1-19-7-2-3-12-23(19)28-15-17-29(18-16-28)24(31)13-6-14-30-26(32)21-10-4-8-20-9-5-11-22(25(20)21)27(30)33/h2-5,7-12H,6,13-18H2,1H3. The van der Waals surface area contributed by atoms with Crippen molar-refractivity contribution in [3.05, 3.63) is 77.4 Å². The van der Waals surface area contributed by atoms with E-state index in [1.54, 1.807) is 12.1 Å². The van der Waals surface area contributed by atoms with Gasteiger partial charge in [0.05, 0.1) is 0 Å². The predicted molar refractivity (Wildman–Crippen MR) is 129 cm³/mol. The molecule has 0 spiro atoms. The van der Waals surface area contributed by atoms with Gasteiger partial charge in [-0.15, -0.1) is 0 Å². The molecule has 1 fully saturated rings. The number of aryl methyl sites for hydroxylation is 1. The SMILES string of the molecule is Cc1ccccc1N1CCN(C(=O)CCCN2C(=O)c3cccc4cccc(c34)C2=O)CC1. The van der Waals surface area contributed by atoms with Crippen LogP contribution in [0.5, 0.6) is 0 Å². The fourth-order valence-electron chi connectivity index (χ4n) is 4.95. The van der Waals surface area contributed by atoms with E-state index < -0.39 is 0 Å². The van der Waals surface area contributed by atoms with Crippen molar-refractivity contribution in [1.29, 1.82) is 0 Å². The van der Waals surface area contributed by atoms with E-state index in [0.29, 0.717) is 37.1 Å². The van der Waals surface area contributed by atoms with E-state index >= 15 is 0 Å². The summed E-state index contributed by atoms with van der Waals surface area (Å²) in [6.45, 7) is 5.33. The molecule has 2 heterocycles. The second-order valence-corrected chi connectivity index (χ2v) is 8.73. The first kappa shape index (κ1) is 21.2. The average molecular weight is 442 g/mol. The van der Waals surface area contributed by atoms with Crippen LogP contribution in [-0.4, -0.2) is 60.2 Å². The summed E-state index contributed by atoms with van der Waals surface area (Å²) in [5, 5.41) is 1.63. The number of imide groups is 1. The van der Waals surface area contributed by atoms with Gasteiger partial charge in [0, 0.05) is 61.3 Å². The molecule has 2 aliphatic rings. The number of benzene rings is 3. The Morgan fingerprint density at radius 2 is 1.45 bits per heavy atom. The van der Waals surface area contributed by atoms with Gasteiger partial charge in [-0.3, -0.25) is 19.3 Å². The first-order valence-electron chi connectivity index (χ1n) is 11.5. The van der Waals surface area contributed by atoms with Gasteiger partial charge in [0.15, 0.2) is 0 Å². The van der Waals surface area contributed by atoms with Crippen molar-refractivity contribution < 1.29 is 14.4 Å². The number of rotatable bonds is 5. The quantitative estimate of drug-likeness (QED) is 0.564. The number of hydrogen-bond donors (Lipinski definition) is 0. The lowest BCUT2D eigenvalue weighted by molar-refractivity contribution is -0.131. The molecule has 6 heteroatoms. The van der Waals surface area contributed by atoms with Crippen LogP contribution in [0.25, 0.3) is 10.8 Å². The minimum atomic E-state index is -0.274. The smallest absolute Gasteiger partial charge is 0.261 e. The van der Waals surface area contributed by atoms with Gasteiger partial charge < -0.3 is 9.80 Å². The Balaban J connectivity index is 1.18. The maximum Gasteiger partial charge on any atom is 0.261 e. The molecule has 5 rings (SSSR count). The normalized spacial score (nSPS) is 16.0. The lowest BCUT2D eigenvalue weighted by atomic mass is 9.94. The molecule has 0 aliphatic carbocycles. The Bertz CT molecular complexity index is 1190. The Kier molecular flexibility index (Phi) is 5.58. The summed E-state index contributed by atoms with van der Waals surface area (Å²) in [6, 6.07) is 19.4. The Morgan fingerprint density at radius 3 is 2.09 bits per heavy atom. The summed E-state index contributed by atoms with van der Waals surface area (Å²) in [4.78, 5) is 44.3. The van der Waals surface area contributed by atoms with Gasteiger partial charge in [-0.1, -0.05) is 42.5 Å². The largest absolute Gasteiger partial charge is 0.368 e. The van der Waals surface area contributed by atoms with Crippen LogP contribution in [0, 0.1) is 6.92 Å². The van der Waals surface area contributed by atoms with Crippen molar-refractivity contribution in [3.8, 4) is 0 Å². The van der Waals surface area contributed by atoms with Gasteiger partial charge in [-0.25, -0.2) is 0 Å². The third kappa shape index (κ3) is 3.86. The van der Waals surface area contributed by atoms with E-state index in [9.17, 15) is 14.4 Å². The number of nitrogens with zero attached hydrogens (tertiary/aromatic N) is 3. The Labute approximate surface area is 193 Å². The minimum Gasteiger partial charge on any atom is -0.368 e. The van der Waals surface area contributed by atoms with E-state index in [0.717, 1.165) is 23.9 Å². The van der Waals surface area contributed by atoms with Gasteiger partial charge in [-0.05, 0) is 42.5 Å². The van der Waals surface area contributed by atoms with Crippen LogP contribution in [0.3, 0.4) is 0 Å². The molecule has 168 valence electrons. The molecule has 0 saturated carbocycles. The van der Waals surface area contributed by atoms with Crippen molar-refractivity contribution in [2.24, 2.45) is 0 Å². The van der Waals surface area contributed by atoms with Crippen molar-refractivity contribution in [1.82, 2.24) is 9.80 Å². The lowest BCUT2D eigenvalue weighted by Crippen LogP contribution is -2.49. The van der Waals surface area contributed by atoms with E-state index in [2.05, 4.69) is 24.0 Å². The van der Waals surface area contributed by atoms with Gasteiger partial charge >= 0.3 is 0 Å². The summed E-state index contributed by atoms with van der Waals surface area (Å²) >= 11 is 0. The molecule has 0 atom stereocenters. The lowest BCUT2D eigenvalue weighted by Gasteiger charge is -2.37. The highest BCUT2D eigenvalue weighted by molar-refractivity contribution is 6.25. The number of hydrogen-bond acceptors (Lipinski definition) is 4. The summed E-state index contributed by atoms with van der Waals surface area (Å²) in [5.74, 6) is -0.467. The van der Waals surface area contributed by atoms with E-state index in [1.807, 2.05) is 41.3 Å². The Morgan fingerprint density at radius 1 is 0.818 bits per heavy atom. The van der Waals surface area contributed by atoms with Crippen LogP contribution in [0.1, 0.15) is 39.1 Å². The zero-order chi connectivity index (χ0) is 22.9. The molecule has 1 saturated heterocycles. The number of amides is 3. The van der Waals surface area contributed by atoms with Gasteiger partial charge in [0.2, 0.25) is 5.91 Å². The van der Waals surface area contributed by atoms with Gasteiger partial charge in [0.25, 0.3) is 11.8 Å². The summed E-state index contributed by atoms with van der Waals surface area (Å²) in [7, 11) is 0. The second kappa shape index (κ2) is 8.70. The van der Waals surface area contributed by atoms with E-state index in [-0.39, 0.29) is 24.3 Å². The first-order valence-corrected chi connectivity index (χ1v) is 11.5. The summed E-state index contributed by atoms with van der Waals surface area (Å²) in [5.41, 5.74) is 3.58. The number of para-hydroxylation sites is 1. The third-order valence-corrected chi connectivity index (χ3v) is 6.72. The summed E-state index contributed by atoms with van der Waals surface area (Å²) in [6.07, 6.45) is 0.791. The van der Waals surface area contributed by atoms with Crippen LogP contribution >= 0.6 is 0 Å². The van der Waals surface area contributed by atoms with Crippen molar-refractivity contribution >= 4 is 34.2 Å². The van der Waals surface area contributed by atoms with E-state index in [1.165, 1.54) is 16.2 Å². The number of anilines is 1. The molecule has 6 nitrogen and oxygen atoms in total. The van der Waals surface area contributed by atoms with Crippen LogP contribution in [0.4, 0.5) is 5.69 Å².